The molecule has 0 fully saturated rings. The molecule has 0 aliphatic carbocycles. The number of furan rings is 1. The molecular formula is C24H25N3O3. The number of carbonyl (C=O) groups is 1. The first kappa shape index (κ1) is 19.8. The van der Waals surface area contributed by atoms with Gasteiger partial charge in [0.25, 0.3) is 5.91 Å². The number of amides is 1. The average molecular weight is 403 g/mol. The molecule has 1 atom stereocenters. The third-order valence-corrected chi connectivity index (χ3v) is 5.18. The van der Waals surface area contributed by atoms with Crippen molar-refractivity contribution in [2.75, 3.05) is 6.61 Å². The van der Waals surface area contributed by atoms with Crippen LogP contribution in [0.4, 0.5) is 0 Å². The molecule has 3 aromatic heterocycles. The molecule has 6 nitrogen and oxygen atoms in total. The molecule has 4 rings (SSSR count). The summed E-state index contributed by atoms with van der Waals surface area (Å²) in [7, 11) is 0. The second-order valence-electron chi connectivity index (χ2n) is 7.28. The lowest BCUT2D eigenvalue weighted by Crippen LogP contribution is -2.26. The lowest BCUT2D eigenvalue weighted by molar-refractivity contribution is 0.0935. The largest absolute Gasteiger partial charge is 0.490 e. The SMILES string of the molecule is CCOc1cccc2cc(C(C)NC(=O)c3cc(C)n(-c4cccnc4)c3C)oc12. The molecule has 0 bridgehead atoms. The van der Waals surface area contributed by atoms with Gasteiger partial charge in [0.15, 0.2) is 11.3 Å². The van der Waals surface area contributed by atoms with E-state index in [2.05, 4.69) is 10.3 Å². The van der Waals surface area contributed by atoms with E-state index in [1.807, 2.05) is 74.7 Å². The Balaban J connectivity index is 1.59. The molecule has 3 heterocycles. The molecule has 0 saturated heterocycles. The summed E-state index contributed by atoms with van der Waals surface area (Å²) in [6.07, 6.45) is 3.52. The van der Waals surface area contributed by atoms with Crippen molar-refractivity contribution in [3.8, 4) is 11.4 Å². The van der Waals surface area contributed by atoms with Crippen molar-refractivity contribution >= 4 is 16.9 Å². The van der Waals surface area contributed by atoms with Crippen molar-refractivity contribution in [1.82, 2.24) is 14.9 Å². The topological polar surface area (TPSA) is 69.3 Å². The van der Waals surface area contributed by atoms with Crippen LogP contribution in [0.3, 0.4) is 0 Å². The molecule has 6 heteroatoms. The Morgan fingerprint density at radius 2 is 2.07 bits per heavy atom. The maximum absolute atomic E-state index is 13.0. The molecule has 1 N–H and O–H groups in total. The first-order valence-corrected chi connectivity index (χ1v) is 10.0. The Morgan fingerprint density at radius 1 is 1.23 bits per heavy atom. The van der Waals surface area contributed by atoms with Crippen LogP contribution in [0.1, 0.15) is 47.4 Å². The minimum absolute atomic E-state index is 0.142. The number of benzene rings is 1. The van der Waals surface area contributed by atoms with Crippen LogP contribution in [0.15, 0.2) is 59.3 Å². The lowest BCUT2D eigenvalue weighted by atomic mass is 10.2. The Labute approximate surface area is 175 Å². The molecule has 0 radical (unpaired) electrons. The summed E-state index contributed by atoms with van der Waals surface area (Å²) in [5, 5.41) is 4.01. The molecule has 1 amide bonds. The summed E-state index contributed by atoms with van der Waals surface area (Å²) >= 11 is 0. The lowest BCUT2D eigenvalue weighted by Gasteiger charge is -2.12. The first-order chi connectivity index (χ1) is 14.5. The van der Waals surface area contributed by atoms with Crippen LogP contribution in [0.25, 0.3) is 16.7 Å². The highest BCUT2D eigenvalue weighted by Crippen LogP contribution is 2.31. The molecule has 0 spiro atoms. The van der Waals surface area contributed by atoms with E-state index >= 15 is 0 Å². The van der Waals surface area contributed by atoms with E-state index in [0.29, 0.717) is 29.3 Å². The Kier molecular flexibility index (Phi) is 5.31. The average Bonchev–Trinajstić information content (AvgIpc) is 3.30. The standard InChI is InChI=1S/C24H25N3O3/c1-5-29-21-10-6-8-18-13-22(30-23(18)21)16(3)26-24(28)20-12-15(2)27(17(20)4)19-9-7-11-25-14-19/h6-14,16H,5H2,1-4H3,(H,26,28). The summed E-state index contributed by atoms with van der Waals surface area (Å²) < 4.78 is 13.7. The molecular weight excluding hydrogens is 378 g/mol. The molecule has 154 valence electrons. The first-order valence-electron chi connectivity index (χ1n) is 10.0. The third kappa shape index (κ3) is 3.56. The summed E-state index contributed by atoms with van der Waals surface area (Å²) in [6.45, 7) is 8.33. The second kappa shape index (κ2) is 8.06. The second-order valence-corrected chi connectivity index (χ2v) is 7.28. The molecule has 0 saturated carbocycles. The molecule has 1 aromatic carbocycles. The van der Waals surface area contributed by atoms with E-state index in [0.717, 1.165) is 22.5 Å². The number of ether oxygens (including phenoxy) is 1. The van der Waals surface area contributed by atoms with Gasteiger partial charge in [0.1, 0.15) is 5.76 Å². The van der Waals surface area contributed by atoms with Crippen molar-refractivity contribution in [2.45, 2.75) is 33.7 Å². The summed E-state index contributed by atoms with van der Waals surface area (Å²) in [5.74, 6) is 1.25. The van der Waals surface area contributed by atoms with Gasteiger partial charge in [-0.05, 0) is 58.0 Å². The predicted molar refractivity (Wildman–Crippen MR) is 116 cm³/mol. The fourth-order valence-electron chi connectivity index (χ4n) is 3.76. The molecule has 30 heavy (non-hydrogen) atoms. The zero-order chi connectivity index (χ0) is 21.3. The normalized spacial score (nSPS) is 12.1. The number of nitrogens with zero attached hydrogens (tertiary/aromatic N) is 2. The van der Waals surface area contributed by atoms with E-state index in [1.54, 1.807) is 12.4 Å². The number of hydrogen-bond acceptors (Lipinski definition) is 4. The van der Waals surface area contributed by atoms with Gasteiger partial charge in [0.05, 0.1) is 30.1 Å². The monoisotopic (exact) mass is 403 g/mol. The zero-order valence-corrected chi connectivity index (χ0v) is 17.6. The van der Waals surface area contributed by atoms with Crippen LogP contribution >= 0.6 is 0 Å². The van der Waals surface area contributed by atoms with Crippen LogP contribution in [-0.4, -0.2) is 22.1 Å². The maximum Gasteiger partial charge on any atom is 0.253 e. The quantitative estimate of drug-likeness (QED) is 0.485. The van der Waals surface area contributed by atoms with E-state index in [-0.39, 0.29) is 11.9 Å². The molecule has 0 aliphatic heterocycles. The van der Waals surface area contributed by atoms with Crippen LogP contribution < -0.4 is 10.1 Å². The van der Waals surface area contributed by atoms with Crippen LogP contribution in [0.2, 0.25) is 0 Å². The van der Waals surface area contributed by atoms with Gasteiger partial charge in [0.2, 0.25) is 0 Å². The van der Waals surface area contributed by atoms with Gasteiger partial charge >= 0.3 is 0 Å². The number of aromatic nitrogens is 2. The van der Waals surface area contributed by atoms with Gasteiger partial charge in [-0.3, -0.25) is 9.78 Å². The van der Waals surface area contributed by atoms with Crippen molar-refractivity contribution in [1.29, 1.82) is 0 Å². The number of pyridine rings is 1. The summed E-state index contributed by atoms with van der Waals surface area (Å²) in [5.41, 5.74) is 4.11. The van der Waals surface area contributed by atoms with Crippen molar-refractivity contribution < 1.29 is 13.9 Å². The smallest absolute Gasteiger partial charge is 0.253 e. The number of aryl methyl sites for hydroxylation is 1. The highest BCUT2D eigenvalue weighted by atomic mass is 16.5. The van der Waals surface area contributed by atoms with E-state index < -0.39 is 0 Å². The minimum Gasteiger partial charge on any atom is -0.490 e. The molecule has 0 aliphatic rings. The molecule has 4 aromatic rings. The van der Waals surface area contributed by atoms with Gasteiger partial charge in [-0.25, -0.2) is 0 Å². The van der Waals surface area contributed by atoms with Crippen molar-refractivity contribution in [3.05, 3.63) is 77.6 Å². The highest BCUT2D eigenvalue weighted by molar-refractivity contribution is 5.96. The van der Waals surface area contributed by atoms with Crippen LogP contribution in [0, 0.1) is 13.8 Å². The molecule has 1 unspecified atom stereocenters. The highest BCUT2D eigenvalue weighted by Gasteiger charge is 2.21. The number of para-hydroxylation sites is 1. The van der Waals surface area contributed by atoms with E-state index in [4.69, 9.17) is 9.15 Å². The fraction of sp³-hybridized carbons (Fsp3) is 0.250. The van der Waals surface area contributed by atoms with E-state index in [1.165, 1.54) is 0 Å². The number of carbonyl (C=O) groups excluding carboxylic acids is 1. The van der Waals surface area contributed by atoms with Gasteiger partial charge in [-0.1, -0.05) is 12.1 Å². The Morgan fingerprint density at radius 3 is 2.80 bits per heavy atom. The maximum atomic E-state index is 13.0. The number of nitrogens with one attached hydrogen (secondary N) is 1. The van der Waals surface area contributed by atoms with Gasteiger partial charge in [-0.15, -0.1) is 0 Å². The van der Waals surface area contributed by atoms with Gasteiger partial charge < -0.3 is 19.0 Å². The van der Waals surface area contributed by atoms with Gasteiger partial charge in [0, 0.05) is 23.0 Å². The number of hydrogen-bond donors (Lipinski definition) is 1. The Bertz CT molecular complexity index is 1190. The van der Waals surface area contributed by atoms with Crippen molar-refractivity contribution in [2.24, 2.45) is 0 Å². The third-order valence-electron chi connectivity index (χ3n) is 5.18. The minimum atomic E-state index is -0.291. The fourth-order valence-corrected chi connectivity index (χ4v) is 3.76. The number of fused-ring (bicyclic) bond motifs is 1. The Hall–Kier alpha value is -3.54. The summed E-state index contributed by atoms with van der Waals surface area (Å²) in [4.78, 5) is 17.2. The van der Waals surface area contributed by atoms with E-state index in [9.17, 15) is 4.79 Å². The summed E-state index contributed by atoms with van der Waals surface area (Å²) in [6, 6.07) is 13.2. The predicted octanol–water partition coefficient (Wildman–Crippen LogP) is 5.13. The zero-order valence-electron chi connectivity index (χ0n) is 17.6. The van der Waals surface area contributed by atoms with Crippen molar-refractivity contribution in [3.63, 3.8) is 0 Å². The van der Waals surface area contributed by atoms with Crippen LogP contribution in [-0.2, 0) is 0 Å². The number of rotatable bonds is 6. The van der Waals surface area contributed by atoms with Crippen LogP contribution in [0.5, 0.6) is 5.75 Å². The van der Waals surface area contributed by atoms with Gasteiger partial charge in [-0.2, -0.15) is 0 Å².